The van der Waals surface area contributed by atoms with E-state index >= 15 is 0 Å². The number of aliphatic hydroxyl groups excluding tert-OH is 6. The zero-order chi connectivity index (χ0) is 15.8. The maximum absolute atomic E-state index is 12.0. The van der Waals surface area contributed by atoms with E-state index in [0.29, 0.717) is 0 Å². The van der Waals surface area contributed by atoms with Gasteiger partial charge in [0.1, 0.15) is 6.10 Å². The minimum absolute atomic E-state index is 0.183. The monoisotopic (exact) mass is 294 g/mol. The average Bonchev–Trinajstić information content (AvgIpc) is 2.48. The minimum atomic E-state index is -1.76. The SMILES string of the molecule is CC(CO)OC(=O)C(=C(CO)CO)C(CO)(CO)CO. The number of hydrogen-bond acceptors (Lipinski definition) is 8. The van der Waals surface area contributed by atoms with E-state index < -0.39 is 62.7 Å². The molecule has 0 saturated carbocycles. The maximum Gasteiger partial charge on any atom is 0.335 e. The molecule has 0 aliphatic carbocycles. The van der Waals surface area contributed by atoms with Crippen molar-refractivity contribution in [1.82, 2.24) is 0 Å². The third kappa shape index (κ3) is 4.23. The van der Waals surface area contributed by atoms with Gasteiger partial charge in [-0.3, -0.25) is 0 Å². The van der Waals surface area contributed by atoms with Crippen LogP contribution < -0.4 is 0 Å². The van der Waals surface area contributed by atoms with Crippen LogP contribution in [-0.4, -0.2) is 82.4 Å². The minimum Gasteiger partial charge on any atom is -0.457 e. The summed E-state index contributed by atoms with van der Waals surface area (Å²) in [6, 6.07) is 0. The summed E-state index contributed by atoms with van der Waals surface area (Å²) >= 11 is 0. The molecule has 0 saturated heterocycles. The zero-order valence-electron chi connectivity index (χ0n) is 11.3. The average molecular weight is 294 g/mol. The van der Waals surface area contributed by atoms with E-state index in [1.807, 2.05) is 0 Å². The predicted molar refractivity (Wildman–Crippen MR) is 67.5 cm³/mol. The summed E-state index contributed by atoms with van der Waals surface area (Å²) in [6.45, 7) is -2.83. The molecule has 0 amide bonds. The fourth-order valence-electron chi connectivity index (χ4n) is 1.61. The van der Waals surface area contributed by atoms with Crippen LogP contribution >= 0.6 is 0 Å². The highest BCUT2D eigenvalue weighted by atomic mass is 16.6. The van der Waals surface area contributed by atoms with Gasteiger partial charge in [0, 0.05) is 0 Å². The molecule has 6 N–H and O–H groups in total. The zero-order valence-corrected chi connectivity index (χ0v) is 11.3. The number of hydrogen-bond donors (Lipinski definition) is 6. The van der Waals surface area contributed by atoms with Gasteiger partial charge < -0.3 is 35.4 Å². The van der Waals surface area contributed by atoms with E-state index in [0.717, 1.165) is 0 Å². The van der Waals surface area contributed by atoms with Crippen LogP contribution in [0.1, 0.15) is 6.92 Å². The van der Waals surface area contributed by atoms with Crippen LogP contribution in [0.15, 0.2) is 11.1 Å². The van der Waals surface area contributed by atoms with Crippen molar-refractivity contribution in [2.24, 2.45) is 5.41 Å². The summed E-state index contributed by atoms with van der Waals surface area (Å²) in [5.74, 6) is -1.04. The molecule has 0 spiro atoms. The van der Waals surface area contributed by atoms with Gasteiger partial charge in [0.2, 0.25) is 0 Å². The molecule has 0 heterocycles. The Balaban J connectivity index is 5.73. The Morgan fingerprint density at radius 3 is 1.75 bits per heavy atom. The third-order valence-electron chi connectivity index (χ3n) is 2.94. The van der Waals surface area contributed by atoms with E-state index in [2.05, 4.69) is 0 Å². The standard InChI is InChI=1S/C12H22O8/c1-8(2-13)20-11(19)10(9(3-14)4-15)12(5-16,6-17)7-18/h8,13-18H,2-7H2,1H3. The molecule has 118 valence electrons. The number of esters is 1. The van der Waals surface area contributed by atoms with Gasteiger partial charge in [-0.05, 0) is 12.5 Å². The first-order valence-corrected chi connectivity index (χ1v) is 6.04. The molecular weight excluding hydrogens is 272 g/mol. The largest absolute Gasteiger partial charge is 0.457 e. The van der Waals surface area contributed by atoms with Gasteiger partial charge >= 0.3 is 5.97 Å². The molecule has 0 radical (unpaired) electrons. The van der Waals surface area contributed by atoms with Crippen molar-refractivity contribution in [3.8, 4) is 0 Å². The molecule has 0 aliphatic rings. The lowest BCUT2D eigenvalue weighted by molar-refractivity contribution is -0.148. The number of ether oxygens (including phenoxy) is 1. The lowest BCUT2D eigenvalue weighted by Gasteiger charge is -2.31. The van der Waals surface area contributed by atoms with E-state index in [-0.39, 0.29) is 5.57 Å². The Morgan fingerprint density at radius 2 is 1.45 bits per heavy atom. The van der Waals surface area contributed by atoms with E-state index in [9.17, 15) is 20.1 Å². The Morgan fingerprint density at radius 1 is 1.00 bits per heavy atom. The second-order valence-electron chi connectivity index (χ2n) is 4.45. The molecule has 1 atom stereocenters. The second-order valence-corrected chi connectivity index (χ2v) is 4.45. The van der Waals surface area contributed by atoms with E-state index in [4.69, 9.17) is 20.1 Å². The number of carbonyl (C=O) groups is 1. The first-order chi connectivity index (χ1) is 9.45. The Kier molecular flexibility index (Phi) is 8.54. The van der Waals surface area contributed by atoms with Gasteiger partial charge in [-0.25, -0.2) is 4.79 Å². The van der Waals surface area contributed by atoms with Crippen LogP contribution in [-0.2, 0) is 9.53 Å². The predicted octanol–water partition coefficient (Wildman–Crippen LogP) is -2.85. The van der Waals surface area contributed by atoms with Gasteiger partial charge in [0.25, 0.3) is 0 Å². The summed E-state index contributed by atoms with van der Waals surface area (Å²) in [6.07, 6.45) is -0.857. The Hall–Kier alpha value is -1.03. The molecule has 0 bridgehead atoms. The van der Waals surface area contributed by atoms with Crippen molar-refractivity contribution in [3.05, 3.63) is 11.1 Å². The van der Waals surface area contributed by atoms with Gasteiger partial charge in [-0.15, -0.1) is 0 Å². The van der Waals surface area contributed by atoms with Crippen molar-refractivity contribution in [2.75, 3.05) is 39.6 Å². The molecule has 0 aromatic heterocycles. The Labute approximate surface area is 116 Å². The summed E-state index contributed by atoms with van der Waals surface area (Å²) in [4.78, 5) is 12.0. The lowest BCUT2D eigenvalue weighted by Crippen LogP contribution is -2.42. The summed E-state index contributed by atoms with van der Waals surface area (Å²) in [5, 5.41) is 55.2. The highest BCUT2D eigenvalue weighted by Crippen LogP contribution is 2.30. The summed E-state index contributed by atoms with van der Waals surface area (Å²) < 4.78 is 4.86. The molecule has 0 rings (SSSR count). The van der Waals surface area contributed by atoms with Crippen LogP contribution in [0.4, 0.5) is 0 Å². The fourth-order valence-corrected chi connectivity index (χ4v) is 1.61. The number of rotatable bonds is 9. The van der Waals surface area contributed by atoms with E-state index in [1.165, 1.54) is 6.92 Å². The summed E-state index contributed by atoms with van der Waals surface area (Å²) in [5.41, 5.74) is -2.33. The molecular formula is C12H22O8. The molecule has 0 aromatic rings. The van der Waals surface area contributed by atoms with Crippen molar-refractivity contribution in [2.45, 2.75) is 13.0 Å². The van der Waals surface area contributed by atoms with Crippen molar-refractivity contribution >= 4 is 5.97 Å². The van der Waals surface area contributed by atoms with Crippen LogP contribution in [0.5, 0.6) is 0 Å². The van der Waals surface area contributed by atoms with Crippen molar-refractivity contribution < 1.29 is 40.2 Å². The first-order valence-electron chi connectivity index (χ1n) is 6.04. The fraction of sp³-hybridized carbons (Fsp3) is 0.750. The first kappa shape index (κ1) is 19.0. The highest BCUT2D eigenvalue weighted by Gasteiger charge is 2.40. The van der Waals surface area contributed by atoms with Crippen LogP contribution in [0, 0.1) is 5.41 Å². The van der Waals surface area contributed by atoms with Crippen molar-refractivity contribution in [3.63, 3.8) is 0 Å². The number of carbonyl (C=O) groups excluding carboxylic acids is 1. The van der Waals surface area contributed by atoms with Crippen molar-refractivity contribution in [1.29, 1.82) is 0 Å². The van der Waals surface area contributed by atoms with Crippen LogP contribution in [0.25, 0.3) is 0 Å². The molecule has 20 heavy (non-hydrogen) atoms. The summed E-state index contributed by atoms with van der Waals surface area (Å²) in [7, 11) is 0. The molecule has 0 aliphatic heterocycles. The number of aliphatic hydroxyl groups is 6. The normalized spacial score (nSPS) is 12.9. The second kappa shape index (κ2) is 9.01. The van der Waals surface area contributed by atoms with Crippen LogP contribution in [0.3, 0.4) is 0 Å². The van der Waals surface area contributed by atoms with Gasteiger partial charge in [0.05, 0.1) is 50.6 Å². The van der Waals surface area contributed by atoms with Gasteiger partial charge in [0.15, 0.2) is 0 Å². The molecule has 0 aromatic carbocycles. The molecule has 1 unspecified atom stereocenters. The topological polar surface area (TPSA) is 148 Å². The van der Waals surface area contributed by atoms with Gasteiger partial charge in [-0.2, -0.15) is 0 Å². The third-order valence-corrected chi connectivity index (χ3v) is 2.94. The lowest BCUT2D eigenvalue weighted by atomic mass is 9.79. The van der Waals surface area contributed by atoms with E-state index in [1.54, 1.807) is 0 Å². The smallest absolute Gasteiger partial charge is 0.335 e. The molecule has 0 fully saturated rings. The molecule has 8 heteroatoms. The van der Waals surface area contributed by atoms with Crippen LogP contribution in [0.2, 0.25) is 0 Å². The molecule has 8 nitrogen and oxygen atoms in total. The van der Waals surface area contributed by atoms with Gasteiger partial charge in [-0.1, -0.05) is 0 Å². The highest BCUT2D eigenvalue weighted by molar-refractivity contribution is 5.91. The maximum atomic E-state index is 12.0. The quantitative estimate of drug-likeness (QED) is 0.197. The Bertz CT molecular complexity index is 320.